The maximum absolute atomic E-state index is 13.5. The van der Waals surface area contributed by atoms with Crippen molar-refractivity contribution in [3.63, 3.8) is 0 Å². The molecule has 1 aliphatic heterocycles. The minimum absolute atomic E-state index is 0.0128. The van der Waals surface area contributed by atoms with Crippen LogP contribution in [0.15, 0.2) is 65.4 Å². The third-order valence-electron chi connectivity index (χ3n) is 5.45. The molecule has 1 amide bonds. The van der Waals surface area contributed by atoms with Gasteiger partial charge in [0.2, 0.25) is 5.13 Å². The molecule has 1 N–H and O–H groups in total. The molecule has 0 spiro atoms. The standard InChI is InChI=1S/C24H23N3O4S/c1-24(2,3)16-9-5-14(6-10-16)19-18(20(28)15-7-11-17(31-4)12-8-15)21(29)22(30)27(19)23-26-25-13-32-23/h5-13,19,29H,1-4H3. The fourth-order valence-electron chi connectivity index (χ4n) is 3.69. The van der Waals surface area contributed by atoms with Crippen LogP contribution in [0.1, 0.15) is 48.3 Å². The maximum atomic E-state index is 13.5. The van der Waals surface area contributed by atoms with Crippen LogP contribution in [0.2, 0.25) is 0 Å². The highest BCUT2D eigenvalue weighted by Crippen LogP contribution is 2.42. The highest BCUT2D eigenvalue weighted by Gasteiger charge is 2.45. The zero-order valence-electron chi connectivity index (χ0n) is 18.2. The summed E-state index contributed by atoms with van der Waals surface area (Å²) < 4.78 is 5.16. The number of nitrogens with zero attached hydrogens (tertiary/aromatic N) is 3. The number of methoxy groups -OCH3 is 1. The van der Waals surface area contributed by atoms with Gasteiger partial charge < -0.3 is 9.84 Å². The van der Waals surface area contributed by atoms with E-state index in [0.29, 0.717) is 22.0 Å². The number of anilines is 1. The second-order valence-electron chi connectivity index (χ2n) is 8.49. The summed E-state index contributed by atoms with van der Waals surface area (Å²) in [5, 5.41) is 18.9. The molecule has 1 atom stereocenters. The van der Waals surface area contributed by atoms with Crippen LogP contribution < -0.4 is 9.64 Å². The van der Waals surface area contributed by atoms with Crippen LogP contribution in [0.4, 0.5) is 5.13 Å². The lowest BCUT2D eigenvalue weighted by molar-refractivity contribution is -0.117. The van der Waals surface area contributed by atoms with E-state index in [9.17, 15) is 14.7 Å². The Bertz CT molecular complexity index is 1180. The van der Waals surface area contributed by atoms with E-state index >= 15 is 0 Å². The molecule has 0 bridgehead atoms. The van der Waals surface area contributed by atoms with Gasteiger partial charge in [-0.3, -0.25) is 14.5 Å². The molecule has 2 heterocycles. The van der Waals surface area contributed by atoms with Gasteiger partial charge in [0.1, 0.15) is 11.3 Å². The Morgan fingerprint density at radius 1 is 1.09 bits per heavy atom. The molecule has 4 rings (SSSR count). The first-order valence-corrected chi connectivity index (χ1v) is 10.9. The van der Waals surface area contributed by atoms with E-state index in [0.717, 1.165) is 16.9 Å². The molecular weight excluding hydrogens is 426 g/mol. The number of carbonyl (C=O) groups excluding carboxylic acids is 2. The van der Waals surface area contributed by atoms with Gasteiger partial charge in [-0.05, 0) is 40.8 Å². The minimum Gasteiger partial charge on any atom is -0.503 e. The van der Waals surface area contributed by atoms with E-state index in [1.807, 2.05) is 24.3 Å². The van der Waals surface area contributed by atoms with Gasteiger partial charge in [0.15, 0.2) is 11.5 Å². The molecule has 1 aromatic heterocycles. The molecule has 0 saturated heterocycles. The number of aromatic nitrogens is 2. The van der Waals surface area contributed by atoms with Crippen LogP contribution in [0, 0.1) is 0 Å². The van der Waals surface area contributed by atoms with Gasteiger partial charge in [0, 0.05) is 5.56 Å². The number of aliphatic hydroxyl groups excluding tert-OH is 1. The maximum Gasteiger partial charge on any atom is 0.296 e. The first-order chi connectivity index (χ1) is 15.2. The van der Waals surface area contributed by atoms with Gasteiger partial charge in [-0.15, -0.1) is 10.2 Å². The molecule has 0 fully saturated rings. The fraction of sp³-hybridized carbons (Fsp3) is 0.250. The van der Waals surface area contributed by atoms with E-state index < -0.39 is 23.5 Å². The predicted molar refractivity (Wildman–Crippen MR) is 122 cm³/mol. The third-order valence-corrected chi connectivity index (χ3v) is 6.14. The SMILES string of the molecule is COc1ccc(C(=O)C2=C(O)C(=O)N(c3nncs3)C2c2ccc(C(C)(C)C)cc2)cc1. The molecule has 8 heteroatoms. The van der Waals surface area contributed by atoms with Crippen molar-refractivity contribution >= 4 is 28.2 Å². The van der Waals surface area contributed by atoms with Crippen molar-refractivity contribution in [1.29, 1.82) is 0 Å². The van der Waals surface area contributed by atoms with E-state index in [1.165, 1.54) is 17.5 Å². The summed E-state index contributed by atoms with van der Waals surface area (Å²) >= 11 is 1.16. The zero-order chi connectivity index (χ0) is 23.0. The van der Waals surface area contributed by atoms with E-state index in [4.69, 9.17) is 4.74 Å². The molecule has 164 valence electrons. The Balaban J connectivity index is 1.82. The van der Waals surface area contributed by atoms with Crippen LogP contribution in [0.3, 0.4) is 0 Å². The van der Waals surface area contributed by atoms with Gasteiger partial charge in [-0.25, -0.2) is 0 Å². The Labute approximate surface area is 190 Å². The molecule has 0 saturated carbocycles. The van der Waals surface area contributed by atoms with E-state index in [-0.39, 0.29) is 11.0 Å². The van der Waals surface area contributed by atoms with Gasteiger partial charge in [0.25, 0.3) is 5.91 Å². The quantitative estimate of drug-likeness (QED) is 0.571. The summed E-state index contributed by atoms with van der Waals surface area (Å²) in [6.45, 7) is 6.33. The minimum atomic E-state index is -0.820. The van der Waals surface area contributed by atoms with Crippen molar-refractivity contribution in [2.24, 2.45) is 0 Å². The first kappa shape index (κ1) is 21.7. The number of ketones is 1. The number of benzene rings is 2. The summed E-state index contributed by atoms with van der Waals surface area (Å²) in [5.74, 6) is -1.09. The second kappa shape index (κ2) is 8.20. The Kier molecular flexibility index (Phi) is 5.56. The molecule has 2 aromatic carbocycles. The summed E-state index contributed by atoms with van der Waals surface area (Å²) in [5.41, 5.74) is 3.62. The number of hydrogen-bond acceptors (Lipinski definition) is 7. The fourth-order valence-corrected chi connectivity index (χ4v) is 4.27. The highest BCUT2D eigenvalue weighted by atomic mass is 32.1. The lowest BCUT2D eigenvalue weighted by atomic mass is 9.85. The van der Waals surface area contributed by atoms with Gasteiger partial charge in [-0.1, -0.05) is 56.4 Å². The number of carbonyl (C=O) groups is 2. The highest BCUT2D eigenvalue weighted by molar-refractivity contribution is 7.13. The normalized spacial score (nSPS) is 16.6. The van der Waals surface area contributed by atoms with Crippen molar-refractivity contribution in [2.45, 2.75) is 32.2 Å². The van der Waals surface area contributed by atoms with Crippen LogP contribution in [0.5, 0.6) is 5.75 Å². The summed E-state index contributed by atoms with van der Waals surface area (Å²) in [7, 11) is 1.54. The van der Waals surface area contributed by atoms with Crippen LogP contribution in [0.25, 0.3) is 0 Å². The number of hydrogen-bond donors (Lipinski definition) is 1. The molecule has 1 aliphatic rings. The molecule has 32 heavy (non-hydrogen) atoms. The van der Waals surface area contributed by atoms with Crippen LogP contribution in [-0.4, -0.2) is 34.1 Å². The van der Waals surface area contributed by atoms with Crippen molar-refractivity contribution in [3.8, 4) is 5.75 Å². The largest absolute Gasteiger partial charge is 0.503 e. The van der Waals surface area contributed by atoms with Gasteiger partial charge >= 0.3 is 0 Å². The van der Waals surface area contributed by atoms with Crippen molar-refractivity contribution in [3.05, 3.63) is 82.1 Å². The van der Waals surface area contributed by atoms with Crippen molar-refractivity contribution < 1.29 is 19.4 Å². The topological polar surface area (TPSA) is 92.6 Å². The predicted octanol–water partition coefficient (Wildman–Crippen LogP) is 4.63. The number of aliphatic hydroxyl groups is 1. The number of ether oxygens (including phenoxy) is 1. The van der Waals surface area contributed by atoms with Crippen molar-refractivity contribution in [1.82, 2.24) is 10.2 Å². The third kappa shape index (κ3) is 3.78. The molecular formula is C24H23N3O4S. The molecule has 7 nitrogen and oxygen atoms in total. The Morgan fingerprint density at radius 3 is 2.28 bits per heavy atom. The number of rotatable bonds is 5. The molecule has 1 unspecified atom stereocenters. The van der Waals surface area contributed by atoms with E-state index in [1.54, 1.807) is 24.3 Å². The Hall–Kier alpha value is -3.52. The molecule has 0 radical (unpaired) electrons. The number of Topliss-reactive ketones (excluding diaryl/α,β-unsaturated/α-hetero) is 1. The van der Waals surface area contributed by atoms with Crippen LogP contribution >= 0.6 is 11.3 Å². The first-order valence-electron chi connectivity index (χ1n) is 10.0. The second-order valence-corrected chi connectivity index (χ2v) is 9.30. The number of amides is 1. The smallest absolute Gasteiger partial charge is 0.296 e. The summed E-state index contributed by atoms with van der Waals surface area (Å²) in [6, 6.07) is 13.4. The lowest BCUT2D eigenvalue weighted by Crippen LogP contribution is -2.31. The van der Waals surface area contributed by atoms with E-state index in [2.05, 4.69) is 31.0 Å². The average molecular weight is 450 g/mol. The molecule has 3 aromatic rings. The molecule has 0 aliphatic carbocycles. The summed E-state index contributed by atoms with van der Waals surface area (Å²) in [4.78, 5) is 27.8. The Morgan fingerprint density at radius 2 is 1.75 bits per heavy atom. The average Bonchev–Trinajstić information content (AvgIpc) is 3.40. The summed E-state index contributed by atoms with van der Waals surface area (Å²) in [6.07, 6.45) is 0. The van der Waals surface area contributed by atoms with Crippen LogP contribution in [-0.2, 0) is 10.2 Å². The monoisotopic (exact) mass is 449 g/mol. The zero-order valence-corrected chi connectivity index (χ0v) is 19.0. The van der Waals surface area contributed by atoms with Gasteiger partial charge in [-0.2, -0.15) is 0 Å². The van der Waals surface area contributed by atoms with Crippen molar-refractivity contribution in [2.75, 3.05) is 12.0 Å². The lowest BCUT2D eigenvalue weighted by Gasteiger charge is -2.25. The van der Waals surface area contributed by atoms with Gasteiger partial charge in [0.05, 0.1) is 18.7 Å².